The zero-order valence-electron chi connectivity index (χ0n) is 14.6. The maximum atomic E-state index is 4.63. The summed E-state index contributed by atoms with van der Waals surface area (Å²) in [6, 6.07) is 4.51. The normalized spacial score (nSPS) is 22.8. The van der Waals surface area contributed by atoms with Gasteiger partial charge in [0.15, 0.2) is 11.6 Å². The minimum atomic E-state index is 0.469. The van der Waals surface area contributed by atoms with Gasteiger partial charge in [-0.25, -0.2) is 15.0 Å². The molecule has 0 amide bonds. The summed E-state index contributed by atoms with van der Waals surface area (Å²) in [7, 11) is 4.04. The molecule has 132 valence electrons. The number of hydrogen-bond donors (Lipinski definition) is 0. The third-order valence-corrected chi connectivity index (χ3v) is 5.88. The van der Waals surface area contributed by atoms with Gasteiger partial charge in [-0.2, -0.15) is 0 Å². The first-order valence-electron chi connectivity index (χ1n) is 8.75. The lowest BCUT2D eigenvalue weighted by Crippen LogP contribution is -2.49. The van der Waals surface area contributed by atoms with Crippen LogP contribution >= 0.6 is 15.9 Å². The number of halogens is 1. The first kappa shape index (κ1) is 16.6. The Morgan fingerprint density at radius 2 is 1.80 bits per heavy atom. The summed E-state index contributed by atoms with van der Waals surface area (Å²) in [4.78, 5) is 20.7. The van der Waals surface area contributed by atoms with E-state index in [0.29, 0.717) is 6.04 Å². The van der Waals surface area contributed by atoms with E-state index in [1.807, 2.05) is 31.3 Å². The van der Waals surface area contributed by atoms with Crippen molar-refractivity contribution in [3.63, 3.8) is 0 Å². The van der Waals surface area contributed by atoms with Crippen LogP contribution in [0, 0.1) is 5.92 Å². The van der Waals surface area contributed by atoms with E-state index in [0.717, 1.165) is 47.5 Å². The maximum Gasteiger partial charge on any atom is 0.172 e. The Balaban J connectivity index is 1.61. The van der Waals surface area contributed by atoms with E-state index in [4.69, 9.17) is 0 Å². The van der Waals surface area contributed by atoms with Crippen LogP contribution in [0.3, 0.4) is 0 Å². The molecule has 2 aliphatic rings. The highest BCUT2D eigenvalue weighted by Crippen LogP contribution is 2.38. The number of rotatable bonds is 3. The Hall–Kier alpha value is -1.89. The van der Waals surface area contributed by atoms with Crippen molar-refractivity contribution in [2.75, 3.05) is 48.4 Å². The van der Waals surface area contributed by atoms with Gasteiger partial charge in [-0.3, -0.25) is 0 Å². The van der Waals surface area contributed by atoms with Gasteiger partial charge in [0, 0.05) is 52.3 Å². The van der Waals surface area contributed by atoms with E-state index in [1.54, 1.807) is 12.4 Å². The zero-order chi connectivity index (χ0) is 17.4. The van der Waals surface area contributed by atoms with Crippen molar-refractivity contribution in [2.24, 2.45) is 5.92 Å². The molecular formula is C18H23BrN6. The van der Waals surface area contributed by atoms with Crippen LogP contribution in [-0.4, -0.2) is 54.7 Å². The van der Waals surface area contributed by atoms with Crippen LogP contribution in [0.2, 0.25) is 0 Å². The smallest absolute Gasteiger partial charge is 0.172 e. The van der Waals surface area contributed by atoms with Gasteiger partial charge in [0.1, 0.15) is 5.82 Å². The predicted octanol–water partition coefficient (Wildman–Crippen LogP) is 2.81. The average molecular weight is 403 g/mol. The van der Waals surface area contributed by atoms with E-state index in [-0.39, 0.29) is 0 Å². The summed E-state index contributed by atoms with van der Waals surface area (Å²) < 4.78 is 1.07. The van der Waals surface area contributed by atoms with Crippen molar-refractivity contribution >= 4 is 33.4 Å². The predicted molar refractivity (Wildman–Crippen MR) is 104 cm³/mol. The Labute approximate surface area is 157 Å². The fourth-order valence-corrected chi connectivity index (χ4v) is 4.53. The molecule has 2 saturated heterocycles. The number of aromatic nitrogens is 3. The van der Waals surface area contributed by atoms with E-state index in [2.05, 4.69) is 46.7 Å². The molecule has 4 rings (SSSR count). The summed E-state index contributed by atoms with van der Waals surface area (Å²) in [5, 5.41) is 0. The van der Waals surface area contributed by atoms with E-state index in [9.17, 15) is 0 Å². The van der Waals surface area contributed by atoms with Gasteiger partial charge in [-0.1, -0.05) is 0 Å². The second-order valence-corrected chi connectivity index (χ2v) is 7.81. The minimum absolute atomic E-state index is 0.469. The van der Waals surface area contributed by atoms with Crippen LogP contribution in [0.5, 0.6) is 0 Å². The molecule has 0 bridgehead atoms. The van der Waals surface area contributed by atoms with Crippen LogP contribution < -0.4 is 14.7 Å². The molecule has 6 nitrogen and oxygen atoms in total. The molecule has 0 aromatic carbocycles. The molecule has 2 aliphatic heterocycles. The van der Waals surface area contributed by atoms with Crippen molar-refractivity contribution in [3.8, 4) is 0 Å². The summed E-state index contributed by atoms with van der Waals surface area (Å²) >= 11 is 3.67. The Kier molecular flexibility index (Phi) is 4.50. The number of nitrogens with zero attached hydrogens (tertiary/aromatic N) is 6. The highest BCUT2D eigenvalue weighted by atomic mass is 79.9. The summed E-state index contributed by atoms with van der Waals surface area (Å²) in [5.41, 5.74) is 0. The van der Waals surface area contributed by atoms with Crippen molar-refractivity contribution < 1.29 is 0 Å². The van der Waals surface area contributed by atoms with E-state index >= 15 is 0 Å². The molecule has 25 heavy (non-hydrogen) atoms. The van der Waals surface area contributed by atoms with E-state index < -0.39 is 0 Å². The van der Waals surface area contributed by atoms with Crippen molar-refractivity contribution in [2.45, 2.75) is 18.9 Å². The third-order valence-electron chi connectivity index (χ3n) is 5.26. The van der Waals surface area contributed by atoms with Crippen LogP contribution in [-0.2, 0) is 0 Å². The number of hydrogen-bond acceptors (Lipinski definition) is 6. The second kappa shape index (κ2) is 6.78. The van der Waals surface area contributed by atoms with Gasteiger partial charge in [0.2, 0.25) is 0 Å². The first-order valence-corrected chi connectivity index (χ1v) is 9.55. The lowest BCUT2D eigenvalue weighted by Gasteiger charge is -2.40. The second-order valence-electron chi connectivity index (χ2n) is 6.95. The third kappa shape index (κ3) is 3.05. The standard InChI is InChI=1S/C18H23BrN6/c1-23(2)17-18(22-9-8-21-17)24-10-5-13-6-11-25(15(13)12-24)16-14(19)4-3-7-20-16/h3-4,7-9,13,15H,5-6,10-12H2,1-2H3. The van der Waals surface area contributed by atoms with Gasteiger partial charge in [0.25, 0.3) is 0 Å². The average Bonchev–Trinajstić information content (AvgIpc) is 3.05. The molecule has 2 aromatic heterocycles. The highest BCUT2D eigenvalue weighted by Gasteiger charge is 2.40. The largest absolute Gasteiger partial charge is 0.360 e. The zero-order valence-corrected chi connectivity index (χ0v) is 16.2. The lowest BCUT2D eigenvalue weighted by molar-refractivity contribution is 0.388. The number of anilines is 3. The number of pyridine rings is 1. The van der Waals surface area contributed by atoms with Gasteiger partial charge in [-0.15, -0.1) is 0 Å². The molecular weight excluding hydrogens is 380 g/mol. The molecule has 0 aliphatic carbocycles. The first-order chi connectivity index (χ1) is 12.1. The minimum Gasteiger partial charge on any atom is -0.360 e. The van der Waals surface area contributed by atoms with Gasteiger partial charge in [0.05, 0.1) is 10.5 Å². The van der Waals surface area contributed by atoms with Crippen LogP contribution in [0.25, 0.3) is 0 Å². The summed E-state index contributed by atoms with van der Waals surface area (Å²) in [5.74, 6) is 3.70. The Morgan fingerprint density at radius 1 is 1.04 bits per heavy atom. The quantitative estimate of drug-likeness (QED) is 0.786. The molecule has 7 heteroatoms. The monoisotopic (exact) mass is 402 g/mol. The highest BCUT2D eigenvalue weighted by molar-refractivity contribution is 9.10. The topological polar surface area (TPSA) is 48.4 Å². The van der Waals surface area contributed by atoms with Crippen molar-refractivity contribution in [1.82, 2.24) is 15.0 Å². The molecule has 0 spiro atoms. The molecule has 0 saturated carbocycles. The van der Waals surface area contributed by atoms with Crippen molar-refractivity contribution in [1.29, 1.82) is 0 Å². The number of piperidine rings is 1. The molecule has 2 aromatic rings. The fraction of sp³-hybridized carbons (Fsp3) is 0.500. The Bertz CT molecular complexity index is 752. The molecule has 2 fully saturated rings. The SMILES string of the molecule is CN(C)c1nccnc1N1CCC2CCN(c3ncccc3Br)C2C1. The fourth-order valence-electron chi connectivity index (χ4n) is 4.05. The summed E-state index contributed by atoms with van der Waals surface area (Å²) in [6.45, 7) is 3.07. The lowest BCUT2D eigenvalue weighted by atomic mass is 9.92. The molecule has 0 radical (unpaired) electrons. The number of fused-ring (bicyclic) bond motifs is 1. The molecule has 4 heterocycles. The van der Waals surface area contributed by atoms with Crippen molar-refractivity contribution in [3.05, 3.63) is 35.2 Å². The van der Waals surface area contributed by atoms with Gasteiger partial charge in [-0.05, 0) is 46.8 Å². The van der Waals surface area contributed by atoms with Crippen LogP contribution in [0.4, 0.5) is 17.5 Å². The van der Waals surface area contributed by atoms with Gasteiger partial charge < -0.3 is 14.7 Å². The summed E-state index contributed by atoms with van der Waals surface area (Å²) in [6.07, 6.45) is 7.85. The maximum absolute atomic E-state index is 4.63. The molecule has 2 unspecified atom stereocenters. The Morgan fingerprint density at radius 3 is 2.60 bits per heavy atom. The van der Waals surface area contributed by atoms with Crippen LogP contribution in [0.1, 0.15) is 12.8 Å². The molecule has 0 N–H and O–H groups in total. The van der Waals surface area contributed by atoms with Crippen LogP contribution in [0.15, 0.2) is 35.2 Å². The van der Waals surface area contributed by atoms with E-state index in [1.165, 1.54) is 12.8 Å². The molecule has 2 atom stereocenters. The van der Waals surface area contributed by atoms with Gasteiger partial charge >= 0.3 is 0 Å².